The van der Waals surface area contributed by atoms with Gasteiger partial charge in [-0.05, 0) is 28.1 Å². The molecule has 0 aliphatic heterocycles. The van der Waals surface area contributed by atoms with Crippen molar-refractivity contribution < 1.29 is 4.79 Å². The fraction of sp³-hybridized carbons (Fsp3) is 0. The SMILES string of the molecule is Nc1cnc(C(=O)Nc2cccc3cc(Br)cnc23)cn1. The number of nitrogens with zero attached hydrogens (tertiary/aromatic N) is 3. The number of carbonyl (C=O) groups is 1. The summed E-state index contributed by atoms with van der Waals surface area (Å²) in [4.78, 5) is 24.3. The molecule has 0 aliphatic carbocycles. The van der Waals surface area contributed by atoms with Crippen LogP contribution in [-0.2, 0) is 0 Å². The number of hydrogen-bond donors (Lipinski definition) is 2. The Hall–Kier alpha value is -2.54. The van der Waals surface area contributed by atoms with Crippen LogP contribution >= 0.6 is 15.9 Å². The van der Waals surface area contributed by atoms with Crippen molar-refractivity contribution in [3.8, 4) is 0 Å². The number of para-hydroxylation sites is 1. The minimum Gasteiger partial charge on any atom is -0.382 e. The van der Waals surface area contributed by atoms with E-state index in [9.17, 15) is 4.79 Å². The number of nitrogen functional groups attached to an aromatic ring is 1. The van der Waals surface area contributed by atoms with Gasteiger partial charge in [-0.1, -0.05) is 12.1 Å². The van der Waals surface area contributed by atoms with Crippen molar-refractivity contribution in [2.75, 3.05) is 11.1 Å². The van der Waals surface area contributed by atoms with Crippen molar-refractivity contribution in [1.82, 2.24) is 15.0 Å². The minimum absolute atomic E-state index is 0.193. The molecule has 0 spiro atoms. The first-order valence-corrected chi connectivity index (χ1v) is 6.86. The molecule has 0 unspecified atom stereocenters. The fourth-order valence-electron chi connectivity index (χ4n) is 1.88. The van der Waals surface area contributed by atoms with Gasteiger partial charge in [0.15, 0.2) is 0 Å². The first-order chi connectivity index (χ1) is 10.1. The van der Waals surface area contributed by atoms with E-state index in [0.29, 0.717) is 11.2 Å². The minimum atomic E-state index is -0.361. The first-order valence-electron chi connectivity index (χ1n) is 6.06. The maximum absolute atomic E-state index is 12.1. The van der Waals surface area contributed by atoms with Gasteiger partial charge in [0.1, 0.15) is 11.5 Å². The molecule has 3 rings (SSSR count). The van der Waals surface area contributed by atoms with Gasteiger partial charge in [0.25, 0.3) is 5.91 Å². The average molecular weight is 344 g/mol. The van der Waals surface area contributed by atoms with E-state index < -0.39 is 0 Å². The summed E-state index contributed by atoms with van der Waals surface area (Å²) in [6.45, 7) is 0. The van der Waals surface area contributed by atoms with Gasteiger partial charge >= 0.3 is 0 Å². The number of carbonyl (C=O) groups excluding carboxylic acids is 1. The summed E-state index contributed by atoms with van der Waals surface area (Å²) < 4.78 is 0.878. The summed E-state index contributed by atoms with van der Waals surface area (Å²) in [5.41, 5.74) is 6.96. The van der Waals surface area contributed by atoms with Crippen LogP contribution < -0.4 is 11.1 Å². The molecule has 1 amide bonds. The highest BCUT2D eigenvalue weighted by atomic mass is 79.9. The third-order valence-electron chi connectivity index (χ3n) is 2.83. The number of nitrogens with one attached hydrogen (secondary N) is 1. The quantitative estimate of drug-likeness (QED) is 0.745. The van der Waals surface area contributed by atoms with Gasteiger partial charge in [-0.2, -0.15) is 0 Å². The Morgan fingerprint density at radius 2 is 2.00 bits per heavy atom. The van der Waals surface area contributed by atoms with E-state index in [1.54, 1.807) is 12.3 Å². The van der Waals surface area contributed by atoms with Crippen LogP contribution in [0.4, 0.5) is 11.5 Å². The predicted molar refractivity (Wildman–Crippen MR) is 83.8 cm³/mol. The summed E-state index contributed by atoms with van der Waals surface area (Å²) in [7, 11) is 0. The highest BCUT2D eigenvalue weighted by Gasteiger charge is 2.10. The van der Waals surface area contributed by atoms with Crippen molar-refractivity contribution in [2.45, 2.75) is 0 Å². The number of fused-ring (bicyclic) bond motifs is 1. The smallest absolute Gasteiger partial charge is 0.275 e. The summed E-state index contributed by atoms with van der Waals surface area (Å²) in [5.74, 6) is -0.0945. The summed E-state index contributed by atoms with van der Waals surface area (Å²) >= 11 is 3.37. The van der Waals surface area contributed by atoms with Crippen LogP contribution in [0.2, 0.25) is 0 Å². The molecule has 0 fully saturated rings. The number of hydrogen-bond acceptors (Lipinski definition) is 5. The Bertz CT molecular complexity index is 819. The van der Waals surface area contributed by atoms with Crippen LogP contribution in [0.15, 0.2) is 47.3 Å². The number of nitrogens with two attached hydrogens (primary N) is 1. The zero-order chi connectivity index (χ0) is 14.8. The van der Waals surface area contributed by atoms with Crippen molar-refractivity contribution in [3.05, 3.63) is 53.0 Å². The zero-order valence-corrected chi connectivity index (χ0v) is 12.3. The molecule has 21 heavy (non-hydrogen) atoms. The molecule has 6 nitrogen and oxygen atoms in total. The fourth-order valence-corrected chi connectivity index (χ4v) is 2.23. The van der Waals surface area contributed by atoms with Crippen molar-refractivity contribution in [2.24, 2.45) is 0 Å². The van der Waals surface area contributed by atoms with Gasteiger partial charge in [-0.25, -0.2) is 9.97 Å². The second-order valence-electron chi connectivity index (χ2n) is 4.31. The van der Waals surface area contributed by atoms with Gasteiger partial charge < -0.3 is 11.1 Å². The maximum atomic E-state index is 12.1. The molecule has 104 valence electrons. The summed E-state index contributed by atoms with van der Waals surface area (Å²) in [6.07, 6.45) is 4.36. The van der Waals surface area contributed by atoms with Gasteiger partial charge in [0, 0.05) is 16.1 Å². The maximum Gasteiger partial charge on any atom is 0.275 e. The zero-order valence-electron chi connectivity index (χ0n) is 10.7. The van der Waals surface area contributed by atoms with Gasteiger partial charge in [-0.3, -0.25) is 9.78 Å². The van der Waals surface area contributed by atoms with Crippen LogP contribution in [-0.4, -0.2) is 20.9 Å². The largest absolute Gasteiger partial charge is 0.382 e. The van der Waals surface area contributed by atoms with E-state index in [1.807, 2.05) is 18.2 Å². The third-order valence-corrected chi connectivity index (χ3v) is 3.26. The lowest BCUT2D eigenvalue weighted by Crippen LogP contribution is -2.14. The van der Waals surface area contributed by atoms with E-state index in [4.69, 9.17) is 5.73 Å². The number of pyridine rings is 1. The second kappa shape index (κ2) is 5.45. The molecular formula is C14H10BrN5O. The van der Waals surface area contributed by atoms with Crippen LogP contribution in [0, 0.1) is 0 Å². The molecule has 3 aromatic rings. The van der Waals surface area contributed by atoms with Crippen LogP contribution in [0.25, 0.3) is 10.9 Å². The monoisotopic (exact) mass is 343 g/mol. The van der Waals surface area contributed by atoms with E-state index in [2.05, 4.69) is 36.2 Å². The average Bonchev–Trinajstić information content (AvgIpc) is 2.47. The number of aromatic nitrogens is 3. The molecule has 2 heterocycles. The highest BCUT2D eigenvalue weighted by Crippen LogP contribution is 2.24. The summed E-state index contributed by atoms with van der Waals surface area (Å²) in [5, 5.41) is 3.70. The Kier molecular flexibility index (Phi) is 3.49. The molecule has 0 saturated carbocycles. The van der Waals surface area contributed by atoms with E-state index >= 15 is 0 Å². The topological polar surface area (TPSA) is 93.8 Å². The molecule has 1 aromatic carbocycles. The van der Waals surface area contributed by atoms with Crippen molar-refractivity contribution in [1.29, 1.82) is 0 Å². The second-order valence-corrected chi connectivity index (χ2v) is 5.23. The standard InChI is InChI=1S/C14H10BrN5O/c15-9-4-8-2-1-3-10(13(8)19-5-9)20-14(21)11-6-18-12(16)7-17-11/h1-7H,(H2,16,18)(H,20,21). The van der Waals surface area contributed by atoms with Gasteiger partial charge in [0.05, 0.1) is 23.6 Å². The lowest BCUT2D eigenvalue weighted by atomic mass is 10.2. The lowest BCUT2D eigenvalue weighted by Gasteiger charge is -2.07. The van der Waals surface area contributed by atoms with E-state index in [-0.39, 0.29) is 17.4 Å². The van der Waals surface area contributed by atoms with Gasteiger partial charge in [-0.15, -0.1) is 0 Å². The number of halogens is 1. The molecule has 0 aliphatic rings. The molecule has 0 radical (unpaired) electrons. The van der Waals surface area contributed by atoms with E-state index in [0.717, 1.165) is 9.86 Å². The Morgan fingerprint density at radius 3 is 2.76 bits per heavy atom. The molecule has 0 atom stereocenters. The Labute approximate surface area is 128 Å². The number of benzene rings is 1. The normalized spacial score (nSPS) is 10.5. The molecular weight excluding hydrogens is 334 g/mol. The van der Waals surface area contributed by atoms with Crippen LogP contribution in [0.5, 0.6) is 0 Å². The number of anilines is 2. The summed E-state index contributed by atoms with van der Waals surface area (Å²) in [6, 6.07) is 7.49. The molecule has 0 saturated heterocycles. The Morgan fingerprint density at radius 1 is 1.14 bits per heavy atom. The number of rotatable bonds is 2. The molecule has 2 aromatic heterocycles. The third kappa shape index (κ3) is 2.82. The first kappa shape index (κ1) is 13.4. The molecule has 0 bridgehead atoms. The van der Waals surface area contributed by atoms with Crippen molar-refractivity contribution >= 4 is 44.2 Å². The number of amides is 1. The Balaban J connectivity index is 1.94. The molecule has 3 N–H and O–H groups in total. The molecule has 7 heteroatoms. The predicted octanol–water partition coefficient (Wildman–Crippen LogP) is 2.62. The van der Waals surface area contributed by atoms with E-state index in [1.165, 1.54) is 12.4 Å². The van der Waals surface area contributed by atoms with Crippen LogP contribution in [0.3, 0.4) is 0 Å². The highest BCUT2D eigenvalue weighted by molar-refractivity contribution is 9.10. The van der Waals surface area contributed by atoms with Gasteiger partial charge in [0.2, 0.25) is 0 Å². The van der Waals surface area contributed by atoms with Crippen LogP contribution in [0.1, 0.15) is 10.5 Å². The lowest BCUT2D eigenvalue weighted by molar-refractivity contribution is 0.102. The van der Waals surface area contributed by atoms with Crippen molar-refractivity contribution in [3.63, 3.8) is 0 Å².